The van der Waals surface area contributed by atoms with Crippen LogP contribution in [0.4, 0.5) is 0 Å². The van der Waals surface area contributed by atoms with Gasteiger partial charge in [0.2, 0.25) is 5.12 Å². The lowest BCUT2D eigenvalue weighted by molar-refractivity contribution is 0.109. The summed E-state index contributed by atoms with van der Waals surface area (Å²) in [6.45, 7) is 2.07. The van der Waals surface area contributed by atoms with Gasteiger partial charge in [-0.15, -0.1) is 16.4 Å². The van der Waals surface area contributed by atoms with Crippen molar-refractivity contribution in [2.75, 3.05) is 5.75 Å². The van der Waals surface area contributed by atoms with Crippen LogP contribution in [0.25, 0.3) is 9.53 Å². The first kappa shape index (κ1) is 10.1. The van der Waals surface area contributed by atoms with Crippen LogP contribution in [-0.2, 0) is 0 Å². The molecule has 2 rings (SSSR count). The van der Waals surface area contributed by atoms with E-state index >= 15 is 0 Å². The molecule has 0 fully saturated rings. The Bertz CT molecular complexity index is 448. The first-order valence-corrected chi connectivity index (χ1v) is 6.83. The van der Waals surface area contributed by atoms with Crippen molar-refractivity contribution in [2.45, 2.75) is 13.3 Å². The normalized spacial score (nSPS) is 10.9. The summed E-state index contributed by atoms with van der Waals surface area (Å²) in [6, 6.07) is 0. The summed E-state index contributed by atoms with van der Waals surface area (Å²) >= 11 is 4.15. The van der Waals surface area contributed by atoms with Gasteiger partial charge in [-0.1, -0.05) is 23.2 Å². The molecule has 6 heteroatoms. The summed E-state index contributed by atoms with van der Waals surface area (Å²) in [4.78, 5) is 12.6. The second-order valence-corrected chi connectivity index (χ2v) is 5.37. The molecule has 3 nitrogen and oxygen atoms in total. The maximum atomic E-state index is 11.7. The van der Waals surface area contributed by atoms with Crippen LogP contribution in [0.3, 0.4) is 0 Å². The highest BCUT2D eigenvalue weighted by Gasteiger charge is 2.14. The summed E-state index contributed by atoms with van der Waals surface area (Å²) in [5.74, 6) is 0.877. The van der Waals surface area contributed by atoms with Crippen LogP contribution in [0.1, 0.15) is 23.7 Å². The molecule has 0 amide bonds. The zero-order valence-electron chi connectivity index (χ0n) is 7.52. The lowest BCUT2D eigenvalue weighted by Crippen LogP contribution is -1.91. The zero-order valence-corrected chi connectivity index (χ0v) is 9.97. The first-order valence-electron chi connectivity index (χ1n) is 4.19. The van der Waals surface area contributed by atoms with Crippen LogP contribution in [0, 0.1) is 0 Å². The molecule has 0 aromatic carbocycles. The predicted octanol–water partition coefficient (Wildman–Crippen LogP) is 3.04. The molecule has 2 aromatic rings. The van der Waals surface area contributed by atoms with E-state index < -0.39 is 0 Å². The number of thioether (sulfide) groups is 1. The van der Waals surface area contributed by atoms with Crippen molar-refractivity contribution in [1.29, 1.82) is 0 Å². The van der Waals surface area contributed by atoms with E-state index in [1.807, 2.05) is 5.38 Å². The standard InChI is InChI=1S/C8H8N2OS3/c1-2-3-12-8(11)5-4-13-7-6(5)14-10-9-7/h4H,2-3H2,1H3. The van der Waals surface area contributed by atoms with Crippen molar-refractivity contribution in [3.63, 3.8) is 0 Å². The fourth-order valence-electron chi connectivity index (χ4n) is 1.01. The molecule has 0 aliphatic heterocycles. The molecule has 0 spiro atoms. The minimum atomic E-state index is 0.143. The number of hydrogen-bond donors (Lipinski definition) is 0. The lowest BCUT2D eigenvalue weighted by atomic mass is 10.4. The van der Waals surface area contributed by atoms with Crippen LogP contribution >= 0.6 is 34.6 Å². The molecule has 0 unspecified atom stereocenters. The Labute approximate surface area is 93.7 Å². The number of nitrogens with zero attached hydrogens (tertiary/aromatic N) is 2. The van der Waals surface area contributed by atoms with E-state index in [0.29, 0.717) is 0 Å². The minimum Gasteiger partial charge on any atom is -0.281 e. The van der Waals surface area contributed by atoms with E-state index in [-0.39, 0.29) is 5.12 Å². The molecule has 2 aromatic heterocycles. The van der Waals surface area contributed by atoms with Crippen LogP contribution < -0.4 is 0 Å². The molecular weight excluding hydrogens is 236 g/mol. The van der Waals surface area contributed by atoms with E-state index in [0.717, 1.165) is 27.3 Å². The summed E-state index contributed by atoms with van der Waals surface area (Å²) in [5.41, 5.74) is 0.776. The third-order valence-electron chi connectivity index (χ3n) is 1.65. The number of carbonyl (C=O) groups excluding carboxylic acids is 1. The van der Waals surface area contributed by atoms with E-state index in [2.05, 4.69) is 16.5 Å². The summed E-state index contributed by atoms with van der Waals surface area (Å²) in [5, 5.41) is 5.95. The maximum absolute atomic E-state index is 11.7. The van der Waals surface area contributed by atoms with Gasteiger partial charge in [-0.3, -0.25) is 4.79 Å². The number of carbonyl (C=O) groups is 1. The van der Waals surface area contributed by atoms with Crippen molar-refractivity contribution in [2.24, 2.45) is 0 Å². The summed E-state index contributed by atoms with van der Waals surface area (Å²) < 4.78 is 4.76. The van der Waals surface area contributed by atoms with E-state index in [1.54, 1.807) is 0 Å². The fourth-order valence-corrected chi connectivity index (χ4v) is 3.57. The molecule has 0 bridgehead atoms. The lowest BCUT2D eigenvalue weighted by Gasteiger charge is -1.94. The Balaban J connectivity index is 2.25. The second-order valence-electron chi connectivity index (χ2n) is 2.69. The van der Waals surface area contributed by atoms with Crippen molar-refractivity contribution >= 4 is 49.3 Å². The van der Waals surface area contributed by atoms with Crippen LogP contribution in [-0.4, -0.2) is 20.5 Å². The summed E-state index contributed by atoms with van der Waals surface area (Å²) in [6.07, 6.45) is 1.02. The Morgan fingerprint density at radius 1 is 1.64 bits per heavy atom. The number of thiophene rings is 1. The van der Waals surface area contributed by atoms with Gasteiger partial charge in [0.05, 0.1) is 10.3 Å². The third-order valence-corrected chi connectivity index (χ3v) is 4.49. The van der Waals surface area contributed by atoms with Crippen LogP contribution in [0.2, 0.25) is 0 Å². The first-order chi connectivity index (χ1) is 6.83. The molecule has 0 radical (unpaired) electrons. The smallest absolute Gasteiger partial charge is 0.221 e. The Morgan fingerprint density at radius 3 is 3.29 bits per heavy atom. The maximum Gasteiger partial charge on any atom is 0.221 e. The summed E-state index contributed by atoms with van der Waals surface area (Å²) in [7, 11) is 0. The highest BCUT2D eigenvalue weighted by Crippen LogP contribution is 2.29. The average Bonchev–Trinajstić information content (AvgIpc) is 2.74. The molecule has 0 aliphatic carbocycles. The fraction of sp³-hybridized carbons (Fsp3) is 0.375. The van der Waals surface area contributed by atoms with Crippen LogP contribution in [0.5, 0.6) is 0 Å². The van der Waals surface area contributed by atoms with Gasteiger partial charge in [0, 0.05) is 11.1 Å². The van der Waals surface area contributed by atoms with E-state index in [1.165, 1.54) is 34.6 Å². The molecule has 0 saturated carbocycles. The largest absolute Gasteiger partial charge is 0.281 e. The van der Waals surface area contributed by atoms with Gasteiger partial charge in [0.1, 0.15) is 0 Å². The highest BCUT2D eigenvalue weighted by atomic mass is 32.2. The molecule has 2 heterocycles. The molecule has 14 heavy (non-hydrogen) atoms. The van der Waals surface area contributed by atoms with E-state index in [9.17, 15) is 4.79 Å². The van der Waals surface area contributed by atoms with Gasteiger partial charge >= 0.3 is 0 Å². The zero-order chi connectivity index (χ0) is 9.97. The molecular formula is C8H8N2OS3. The molecule has 0 atom stereocenters. The topological polar surface area (TPSA) is 42.9 Å². The van der Waals surface area contributed by atoms with Gasteiger partial charge in [-0.25, -0.2) is 0 Å². The van der Waals surface area contributed by atoms with Gasteiger partial charge in [0.15, 0.2) is 4.83 Å². The number of fused-ring (bicyclic) bond motifs is 1. The molecule has 0 aliphatic rings. The van der Waals surface area contributed by atoms with Gasteiger partial charge < -0.3 is 0 Å². The predicted molar refractivity (Wildman–Crippen MR) is 62.4 cm³/mol. The van der Waals surface area contributed by atoms with Crippen molar-refractivity contribution in [3.05, 3.63) is 10.9 Å². The Morgan fingerprint density at radius 2 is 2.50 bits per heavy atom. The van der Waals surface area contributed by atoms with Gasteiger partial charge in [-0.2, -0.15) is 0 Å². The second kappa shape index (κ2) is 4.37. The highest BCUT2D eigenvalue weighted by molar-refractivity contribution is 8.14. The number of aromatic nitrogens is 2. The van der Waals surface area contributed by atoms with E-state index in [4.69, 9.17) is 0 Å². The van der Waals surface area contributed by atoms with Crippen molar-refractivity contribution < 1.29 is 4.79 Å². The molecule has 0 N–H and O–H groups in total. The molecule has 0 saturated heterocycles. The minimum absolute atomic E-state index is 0.143. The van der Waals surface area contributed by atoms with Gasteiger partial charge in [0.25, 0.3) is 0 Å². The number of hydrogen-bond acceptors (Lipinski definition) is 6. The SMILES string of the molecule is CCCSC(=O)c1csc2nnsc12. The Hall–Kier alpha value is -0.460. The van der Waals surface area contributed by atoms with Crippen LogP contribution in [0.15, 0.2) is 5.38 Å². The monoisotopic (exact) mass is 244 g/mol. The third kappa shape index (κ3) is 1.82. The van der Waals surface area contributed by atoms with Crippen molar-refractivity contribution in [1.82, 2.24) is 9.59 Å². The quantitative estimate of drug-likeness (QED) is 0.832. The average molecular weight is 244 g/mol. The number of rotatable bonds is 3. The van der Waals surface area contributed by atoms with Crippen molar-refractivity contribution in [3.8, 4) is 0 Å². The molecule has 74 valence electrons. The Kier molecular flexibility index (Phi) is 3.15. The van der Waals surface area contributed by atoms with Gasteiger partial charge in [-0.05, 0) is 18.0 Å².